The van der Waals surface area contributed by atoms with Gasteiger partial charge in [0.05, 0.1) is 6.54 Å². The van der Waals surface area contributed by atoms with Crippen molar-refractivity contribution in [1.29, 1.82) is 0 Å². The van der Waals surface area contributed by atoms with E-state index in [0.29, 0.717) is 5.13 Å². The molecule has 0 bridgehead atoms. The van der Waals surface area contributed by atoms with Crippen LogP contribution in [0, 0.1) is 0 Å². The van der Waals surface area contributed by atoms with Gasteiger partial charge in [0.15, 0.2) is 11.0 Å². The second kappa shape index (κ2) is 6.66. The Kier molecular flexibility index (Phi) is 4.61. The standard InChI is InChI=1S/C15H16N6S.ClH/c16-15-17-8-12(22-15)9-20-6-7-21-13(10-20)18-19-14(21)11-4-2-1-3-5-11;/h1-5,8H,6-7,9-10H2,(H2,16,17);1H. The topological polar surface area (TPSA) is 72.9 Å². The zero-order valence-electron chi connectivity index (χ0n) is 12.4. The Morgan fingerprint density at radius 1 is 1.13 bits per heavy atom. The van der Waals surface area contributed by atoms with Crippen molar-refractivity contribution >= 4 is 28.9 Å². The minimum atomic E-state index is 0. The molecule has 2 aromatic heterocycles. The molecule has 8 heteroatoms. The third-order valence-electron chi connectivity index (χ3n) is 3.82. The predicted molar refractivity (Wildman–Crippen MR) is 93.3 cm³/mol. The van der Waals surface area contributed by atoms with Gasteiger partial charge in [-0.2, -0.15) is 0 Å². The first kappa shape index (κ1) is 15.9. The number of halogens is 1. The molecular formula is C15H17ClN6S. The lowest BCUT2D eigenvalue weighted by molar-refractivity contribution is 0.211. The average Bonchev–Trinajstić information content (AvgIpc) is 3.14. The summed E-state index contributed by atoms with van der Waals surface area (Å²) in [5.41, 5.74) is 6.81. The molecule has 0 fully saturated rings. The molecule has 0 saturated carbocycles. The number of nitrogens with zero attached hydrogens (tertiary/aromatic N) is 5. The molecule has 1 aliphatic rings. The molecule has 23 heavy (non-hydrogen) atoms. The van der Waals surface area contributed by atoms with Crippen molar-refractivity contribution in [3.63, 3.8) is 0 Å². The summed E-state index contributed by atoms with van der Waals surface area (Å²) in [5.74, 6) is 1.97. The summed E-state index contributed by atoms with van der Waals surface area (Å²) >= 11 is 1.55. The highest BCUT2D eigenvalue weighted by Crippen LogP contribution is 2.23. The molecule has 1 aromatic carbocycles. The van der Waals surface area contributed by atoms with Gasteiger partial charge in [0.1, 0.15) is 5.82 Å². The van der Waals surface area contributed by atoms with Crippen LogP contribution in [0.15, 0.2) is 36.5 Å². The lowest BCUT2D eigenvalue weighted by Crippen LogP contribution is -2.33. The third-order valence-corrected chi connectivity index (χ3v) is 4.63. The van der Waals surface area contributed by atoms with E-state index < -0.39 is 0 Å². The van der Waals surface area contributed by atoms with Gasteiger partial charge < -0.3 is 10.3 Å². The smallest absolute Gasteiger partial charge is 0.180 e. The van der Waals surface area contributed by atoms with Gasteiger partial charge in [-0.3, -0.25) is 4.90 Å². The monoisotopic (exact) mass is 348 g/mol. The lowest BCUT2D eigenvalue weighted by Gasteiger charge is -2.27. The first-order valence-corrected chi connectivity index (χ1v) is 8.01. The van der Waals surface area contributed by atoms with Crippen LogP contribution in [0.25, 0.3) is 11.4 Å². The van der Waals surface area contributed by atoms with Gasteiger partial charge in [0, 0.05) is 36.3 Å². The summed E-state index contributed by atoms with van der Waals surface area (Å²) in [6, 6.07) is 10.2. The van der Waals surface area contributed by atoms with Crippen LogP contribution in [0.5, 0.6) is 0 Å². The van der Waals surface area contributed by atoms with Crippen LogP contribution in [0.3, 0.4) is 0 Å². The Morgan fingerprint density at radius 3 is 2.70 bits per heavy atom. The Balaban J connectivity index is 0.00000156. The van der Waals surface area contributed by atoms with E-state index in [1.54, 1.807) is 11.3 Å². The van der Waals surface area contributed by atoms with E-state index in [2.05, 4.69) is 36.8 Å². The Bertz CT molecular complexity index is 784. The summed E-state index contributed by atoms with van der Waals surface area (Å²) in [6.45, 7) is 3.55. The van der Waals surface area contributed by atoms with Crippen molar-refractivity contribution in [2.24, 2.45) is 0 Å². The van der Waals surface area contributed by atoms with Crippen molar-refractivity contribution in [3.8, 4) is 11.4 Å². The molecule has 0 atom stereocenters. The zero-order valence-corrected chi connectivity index (χ0v) is 14.1. The highest BCUT2D eigenvalue weighted by atomic mass is 35.5. The molecule has 0 aliphatic carbocycles. The Morgan fingerprint density at radius 2 is 1.96 bits per heavy atom. The fourth-order valence-electron chi connectivity index (χ4n) is 2.76. The zero-order chi connectivity index (χ0) is 14.9. The maximum Gasteiger partial charge on any atom is 0.180 e. The normalized spacial score (nSPS) is 14.3. The van der Waals surface area contributed by atoms with Crippen LogP contribution in [-0.4, -0.2) is 31.2 Å². The number of fused-ring (bicyclic) bond motifs is 1. The van der Waals surface area contributed by atoms with Crippen LogP contribution in [0.1, 0.15) is 10.7 Å². The number of benzene rings is 1. The van der Waals surface area contributed by atoms with E-state index in [0.717, 1.165) is 43.4 Å². The van der Waals surface area contributed by atoms with Gasteiger partial charge in [-0.05, 0) is 0 Å². The number of hydrogen-bond acceptors (Lipinski definition) is 6. The molecule has 3 aromatic rings. The van der Waals surface area contributed by atoms with Gasteiger partial charge in [-0.1, -0.05) is 30.3 Å². The van der Waals surface area contributed by atoms with Crippen LogP contribution >= 0.6 is 23.7 Å². The van der Waals surface area contributed by atoms with Crippen LogP contribution in [0.2, 0.25) is 0 Å². The quantitative estimate of drug-likeness (QED) is 0.787. The largest absolute Gasteiger partial charge is 0.375 e. The van der Waals surface area contributed by atoms with Crippen molar-refractivity contribution in [1.82, 2.24) is 24.6 Å². The number of rotatable bonds is 3. The van der Waals surface area contributed by atoms with Gasteiger partial charge in [0.2, 0.25) is 0 Å². The molecule has 0 amide bonds. The molecule has 1 aliphatic heterocycles. The maximum absolute atomic E-state index is 5.69. The van der Waals surface area contributed by atoms with Gasteiger partial charge in [-0.25, -0.2) is 4.98 Å². The summed E-state index contributed by atoms with van der Waals surface area (Å²) in [7, 11) is 0. The summed E-state index contributed by atoms with van der Waals surface area (Å²) in [6.07, 6.45) is 1.86. The van der Waals surface area contributed by atoms with E-state index in [4.69, 9.17) is 5.73 Å². The second-order valence-electron chi connectivity index (χ2n) is 5.33. The van der Waals surface area contributed by atoms with E-state index in [-0.39, 0.29) is 12.4 Å². The van der Waals surface area contributed by atoms with Crippen LogP contribution < -0.4 is 5.73 Å². The molecule has 2 N–H and O–H groups in total. The van der Waals surface area contributed by atoms with Gasteiger partial charge >= 0.3 is 0 Å². The Labute approximate surface area is 144 Å². The maximum atomic E-state index is 5.69. The lowest BCUT2D eigenvalue weighted by atomic mass is 10.2. The van der Waals surface area contributed by atoms with E-state index >= 15 is 0 Å². The minimum absolute atomic E-state index is 0. The Hall–Kier alpha value is -1.96. The molecular weight excluding hydrogens is 332 g/mol. The molecule has 6 nitrogen and oxygen atoms in total. The van der Waals surface area contributed by atoms with Crippen molar-refractivity contribution in [2.75, 3.05) is 12.3 Å². The van der Waals surface area contributed by atoms with Crippen molar-refractivity contribution in [2.45, 2.75) is 19.6 Å². The van der Waals surface area contributed by atoms with Gasteiger partial charge in [-0.15, -0.1) is 33.9 Å². The first-order chi connectivity index (χ1) is 10.8. The summed E-state index contributed by atoms with van der Waals surface area (Å²) in [5, 5.41) is 9.36. The van der Waals surface area contributed by atoms with Crippen molar-refractivity contribution < 1.29 is 0 Å². The molecule has 120 valence electrons. The average molecular weight is 349 g/mol. The number of nitrogen functional groups attached to an aromatic ring is 1. The SMILES string of the molecule is Cl.Nc1ncc(CN2CCn3c(nnc3-c3ccccc3)C2)s1. The van der Waals surface area contributed by atoms with E-state index in [1.807, 2.05) is 24.4 Å². The number of thiazole rings is 1. The van der Waals surface area contributed by atoms with Gasteiger partial charge in [0.25, 0.3) is 0 Å². The predicted octanol–water partition coefficient (Wildman–Crippen LogP) is 2.42. The number of hydrogen-bond donors (Lipinski definition) is 1. The van der Waals surface area contributed by atoms with Crippen molar-refractivity contribution in [3.05, 3.63) is 47.2 Å². The van der Waals surface area contributed by atoms with E-state index in [1.165, 1.54) is 4.88 Å². The summed E-state index contributed by atoms with van der Waals surface area (Å²) < 4.78 is 2.22. The number of nitrogens with two attached hydrogens (primary N) is 1. The first-order valence-electron chi connectivity index (χ1n) is 7.19. The molecule has 0 radical (unpaired) electrons. The highest BCUT2D eigenvalue weighted by molar-refractivity contribution is 7.15. The third kappa shape index (κ3) is 3.21. The van der Waals surface area contributed by atoms with E-state index in [9.17, 15) is 0 Å². The minimum Gasteiger partial charge on any atom is -0.375 e. The van der Waals surface area contributed by atoms with Crippen LogP contribution in [-0.2, 0) is 19.6 Å². The molecule has 4 rings (SSSR count). The molecule has 3 heterocycles. The number of anilines is 1. The second-order valence-corrected chi connectivity index (χ2v) is 6.48. The molecule has 0 unspecified atom stereocenters. The van der Waals surface area contributed by atoms with Crippen LogP contribution in [0.4, 0.5) is 5.13 Å². The fraction of sp³-hybridized carbons (Fsp3) is 0.267. The molecule has 0 spiro atoms. The number of aromatic nitrogens is 4. The fourth-order valence-corrected chi connectivity index (χ4v) is 3.49. The highest BCUT2D eigenvalue weighted by Gasteiger charge is 2.22. The molecule has 0 saturated heterocycles. The summed E-state index contributed by atoms with van der Waals surface area (Å²) in [4.78, 5) is 7.65.